The molecule has 606 valence electrons. The molecule has 106 heavy (non-hydrogen) atoms. The van der Waals surface area contributed by atoms with E-state index in [1.54, 1.807) is 0 Å². The number of carbonyl (C=O) groups is 4. The average molecular weight is 1530 g/mol. The van der Waals surface area contributed by atoms with Crippen LogP contribution in [0.25, 0.3) is 0 Å². The number of phosphoric ester groups is 2. The smallest absolute Gasteiger partial charge is 0.462 e. The molecule has 0 aromatic carbocycles. The Morgan fingerprint density at radius 1 is 0.274 bits per heavy atom. The molecule has 5 atom stereocenters. The van der Waals surface area contributed by atoms with E-state index in [2.05, 4.69) is 155 Å². The van der Waals surface area contributed by atoms with Gasteiger partial charge in [0.25, 0.3) is 0 Å². The number of carbonyl (C=O) groups excluding carboxylic acids is 4. The second kappa shape index (κ2) is 78.1. The van der Waals surface area contributed by atoms with E-state index in [4.69, 9.17) is 37.0 Å². The molecule has 0 aliphatic heterocycles. The Bertz CT molecular complexity index is 2580. The van der Waals surface area contributed by atoms with E-state index in [0.717, 1.165) is 173 Å². The number of ether oxygens (including phenoxy) is 4. The molecule has 19 heteroatoms. The Morgan fingerprint density at radius 2 is 0.509 bits per heavy atom. The van der Waals surface area contributed by atoms with Gasteiger partial charge in [-0.1, -0.05) is 289 Å². The van der Waals surface area contributed by atoms with E-state index in [1.165, 1.54) is 64.2 Å². The SMILES string of the molecule is CC/C=C\C/C=C\C/C=C\C/C=C\C/C=C\C/C=C\CCC(=O)OCC(COP(=O)(O)OCC(O)COP(=O)(O)OCC(COC(=O)CCCCCCC/C=C\CCCCCCCC)OC(=O)CCCCCCC/C=C\CCCCCC)OC(=O)CCCCCCCC/C=C\C/C=C\C/C=C\C/C=C\CC. The van der Waals surface area contributed by atoms with Crippen molar-refractivity contribution in [2.24, 2.45) is 0 Å². The Morgan fingerprint density at radius 3 is 0.830 bits per heavy atom. The summed E-state index contributed by atoms with van der Waals surface area (Å²) in [6.45, 7) is 4.52. The van der Waals surface area contributed by atoms with Crippen LogP contribution in [-0.4, -0.2) is 96.7 Å². The summed E-state index contributed by atoms with van der Waals surface area (Å²) in [5.41, 5.74) is 0. The van der Waals surface area contributed by atoms with Gasteiger partial charge in [0.15, 0.2) is 12.2 Å². The summed E-state index contributed by atoms with van der Waals surface area (Å²) in [5.74, 6) is -2.31. The van der Waals surface area contributed by atoms with Gasteiger partial charge in [0, 0.05) is 25.7 Å². The number of aliphatic hydroxyl groups excluding tert-OH is 1. The maximum absolute atomic E-state index is 13.1. The summed E-state index contributed by atoms with van der Waals surface area (Å²) in [5, 5.41) is 10.7. The van der Waals surface area contributed by atoms with Gasteiger partial charge < -0.3 is 33.8 Å². The minimum atomic E-state index is -5.01. The number of rotatable bonds is 76. The van der Waals surface area contributed by atoms with Gasteiger partial charge in [-0.05, 0) is 154 Å². The van der Waals surface area contributed by atoms with Crippen molar-refractivity contribution in [2.45, 2.75) is 341 Å². The summed E-state index contributed by atoms with van der Waals surface area (Å²) >= 11 is 0. The van der Waals surface area contributed by atoms with Crippen molar-refractivity contribution >= 4 is 39.5 Å². The molecule has 0 fully saturated rings. The fourth-order valence-corrected chi connectivity index (χ4v) is 12.2. The Hall–Kier alpha value is -5.06. The van der Waals surface area contributed by atoms with Crippen molar-refractivity contribution in [2.75, 3.05) is 39.6 Å². The van der Waals surface area contributed by atoms with Gasteiger partial charge in [-0.15, -0.1) is 0 Å². The average Bonchev–Trinajstić information content (AvgIpc) is 0.903. The third-order valence-corrected chi connectivity index (χ3v) is 18.7. The molecule has 0 rings (SSSR count). The van der Waals surface area contributed by atoms with Gasteiger partial charge in [0.05, 0.1) is 26.4 Å². The van der Waals surface area contributed by atoms with Crippen molar-refractivity contribution < 1.29 is 80.2 Å². The Balaban J connectivity index is 5.46. The zero-order valence-corrected chi connectivity index (χ0v) is 68.1. The standard InChI is InChI=1S/C87H146O17P2/c1-5-9-13-17-21-25-29-33-36-38-40-42-45-49-52-56-60-64-68-72-85(90)98-78-83(104-87(92)74-70-66-62-58-54-50-46-43-41-39-37-34-30-26-22-18-14-10-6-2)80-102-106(95,96)100-76-81(88)75-99-105(93,94)101-79-82(103-86(91)73-69-65-61-57-53-47-32-28-24-20-16-12-8-4)77-97-84(89)71-67-63-59-55-51-48-44-35-31-27-23-19-15-11-7-3/h9-10,13-14,21-22,25-26,28,32-37,40-44,49,52,60,64,81-83,88H,5-8,11-12,15-20,23-24,27,29-31,38-39,45-48,50-51,53-59,61-63,65-80H2,1-4H3,(H,93,94)(H,95,96)/b13-9-,14-10-,25-21-,26-22-,32-28-,36-33-,37-34-,42-40-,43-41-,44-35-,52-49-,64-60-. The second-order valence-corrected chi connectivity index (χ2v) is 29.8. The molecular weight excluding hydrogens is 1380 g/mol. The zero-order chi connectivity index (χ0) is 77.4. The van der Waals surface area contributed by atoms with Gasteiger partial charge in [0.1, 0.15) is 19.3 Å². The van der Waals surface area contributed by atoms with Crippen molar-refractivity contribution in [1.29, 1.82) is 0 Å². The first-order valence-corrected chi connectivity index (χ1v) is 44.1. The second-order valence-electron chi connectivity index (χ2n) is 26.9. The maximum Gasteiger partial charge on any atom is 0.472 e. The lowest BCUT2D eigenvalue weighted by Gasteiger charge is -2.21. The van der Waals surface area contributed by atoms with Crippen molar-refractivity contribution in [3.05, 3.63) is 146 Å². The van der Waals surface area contributed by atoms with Crippen LogP contribution in [0.1, 0.15) is 323 Å². The molecule has 0 aromatic rings. The number of allylic oxidation sites excluding steroid dienone is 24. The molecular formula is C87H146O17P2. The third kappa shape index (κ3) is 77.1. The molecule has 0 saturated carbocycles. The first-order chi connectivity index (χ1) is 51.7. The number of phosphoric acid groups is 2. The van der Waals surface area contributed by atoms with Crippen LogP contribution in [0.2, 0.25) is 0 Å². The first-order valence-electron chi connectivity index (χ1n) is 41.1. The topological polar surface area (TPSA) is 237 Å². The van der Waals surface area contributed by atoms with Crippen LogP contribution in [-0.2, 0) is 65.4 Å². The lowest BCUT2D eigenvalue weighted by molar-refractivity contribution is -0.161. The molecule has 0 amide bonds. The predicted octanol–water partition coefficient (Wildman–Crippen LogP) is 24.2. The van der Waals surface area contributed by atoms with Crippen LogP contribution in [0.5, 0.6) is 0 Å². The van der Waals surface area contributed by atoms with Crippen LogP contribution in [0.15, 0.2) is 146 Å². The quantitative estimate of drug-likeness (QED) is 0.0169. The molecule has 3 N–H and O–H groups in total. The lowest BCUT2D eigenvalue weighted by Crippen LogP contribution is -2.30. The van der Waals surface area contributed by atoms with E-state index >= 15 is 0 Å². The highest BCUT2D eigenvalue weighted by Gasteiger charge is 2.30. The largest absolute Gasteiger partial charge is 0.472 e. The number of unbranched alkanes of at least 4 members (excludes halogenated alkanes) is 26. The van der Waals surface area contributed by atoms with Gasteiger partial charge in [0.2, 0.25) is 0 Å². The van der Waals surface area contributed by atoms with E-state index in [-0.39, 0.29) is 25.7 Å². The fraction of sp³-hybridized carbons (Fsp3) is 0.678. The van der Waals surface area contributed by atoms with Gasteiger partial charge in [-0.2, -0.15) is 0 Å². The monoisotopic (exact) mass is 1530 g/mol. The molecule has 0 bridgehead atoms. The maximum atomic E-state index is 13.1. The third-order valence-electron chi connectivity index (χ3n) is 16.8. The molecule has 0 aliphatic carbocycles. The molecule has 0 heterocycles. The number of aliphatic hydroxyl groups is 1. The van der Waals surface area contributed by atoms with E-state index in [9.17, 15) is 43.2 Å². The van der Waals surface area contributed by atoms with Crippen LogP contribution in [0.3, 0.4) is 0 Å². The van der Waals surface area contributed by atoms with Gasteiger partial charge in [-0.25, -0.2) is 9.13 Å². The van der Waals surface area contributed by atoms with Crippen LogP contribution >= 0.6 is 15.6 Å². The van der Waals surface area contributed by atoms with Crippen molar-refractivity contribution in [3.8, 4) is 0 Å². The molecule has 0 radical (unpaired) electrons. The summed E-state index contributed by atoms with van der Waals surface area (Å²) < 4.78 is 68.6. The normalized spacial score (nSPS) is 14.6. The van der Waals surface area contributed by atoms with Crippen LogP contribution < -0.4 is 0 Å². The van der Waals surface area contributed by atoms with Crippen LogP contribution in [0.4, 0.5) is 0 Å². The number of hydrogen-bond acceptors (Lipinski definition) is 15. The highest BCUT2D eigenvalue weighted by Crippen LogP contribution is 2.45. The molecule has 0 aromatic heterocycles. The molecule has 5 unspecified atom stereocenters. The van der Waals surface area contributed by atoms with E-state index in [0.29, 0.717) is 32.1 Å². The van der Waals surface area contributed by atoms with Gasteiger partial charge in [-0.3, -0.25) is 37.3 Å². The van der Waals surface area contributed by atoms with Crippen molar-refractivity contribution in [3.63, 3.8) is 0 Å². The Kier molecular flexibility index (Phi) is 74.3. The minimum Gasteiger partial charge on any atom is -0.462 e. The summed E-state index contributed by atoms with van der Waals surface area (Å²) in [7, 11) is -9.99. The Labute approximate surface area is 643 Å². The van der Waals surface area contributed by atoms with Gasteiger partial charge >= 0.3 is 39.5 Å². The van der Waals surface area contributed by atoms with E-state index in [1.807, 2.05) is 18.2 Å². The number of esters is 4. The van der Waals surface area contributed by atoms with Crippen LogP contribution in [0, 0.1) is 0 Å². The van der Waals surface area contributed by atoms with E-state index < -0.39 is 97.5 Å². The highest BCUT2D eigenvalue weighted by atomic mass is 31.2. The highest BCUT2D eigenvalue weighted by molar-refractivity contribution is 7.47. The predicted molar refractivity (Wildman–Crippen MR) is 436 cm³/mol. The minimum absolute atomic E-state index is 0.0284. The molecule has 0 saturated heterocycles. The molecule has 0 aliphatic rings. The fourth-order valence-electron chi connectivity index (χ4n) is 10.6. The number of hydrogen-bond donors (Lipinski definition) is 3. The summed E-state index contributed by atoms with van der Waals surface area (Å²) in [6, 6.07) is 0. The zero-order valence-electron chi connectivity index (χ0n) is 66.3. The molecule has 0 spiro atoms. The lowest BCUT2D eigenvalue weighted by atomic mass is 10.1. The first kappa shape index (κ1) is 101. The molecule has 17 nitrogen and oxygen atoms in total. The summed E-state index contributed by atoms with van der Waals surface area (Å²) in [6.07, 6.45) is 89.8. The summed E-state index contributed by atoms with van der Waals surface area (Å²) in [4.78, 5) is 73.1. The van der Waals surface area contributed by atoms with Crippen molar-refractivity contribution in [1.82, 2.24) is 0 Å².